The first-order chi connectivity index (χ1) is 13.5. The molecule has 6 nitrogen and oxygen atoms in total. The van der Waals surface area contributed by atoms with Gasteiger partial charge in [0, 0.05) is 23.5 Å². The highest BCUT2D eigenvalue weighted by Gasteiger charge is 2.22. The number of likely N-dealkylation sites (N-methyl/N-ethyl adjacent to an activating group) is 1. The lowest BCUT2D eigenvalue weighted by Crippen LogP contribution is -2.35. The van der Waals surface area contributed by atoms with Crippen LogP contribution in [0.5, 0.6) is 0 Å². The fourth-order valence-electron chi connectivity index (χ4n) is 3.35. The molecule has 1 fully saturated rings. The molecule has 28 heavy (non-hydrogen) atoms. The molecule has 0 saturated carbocycles. The van der Waals surface area contributed by atoms with Gasteiger partial charge in [-0.1, -0.05) is 19.1 Å². The summed E-state index contributed by atoms with van der Waals surface area (Å²) in [6.07, 6.45) is 0.532. The molecule has 0 radical (unpaired) electrons. The lowest BCUT2D eigenvalue weighted by atomic mass is 10.0. The summed E-state index contributed by atoms with van der Waals surface area (Å²) >= 11 is 0. The normalized spacial score (nSPS) is 14.9. The molecule has 0 aromatic heterocycles. The van der Waals surface area contributed by atoms with Crippen LogP contribution in [-0.4, -0.2) is 55.0 Å². The molecule has 148 valence electrons. The molecule has 2 aromatic carbocycles. The number of nitrogens with zero attached hydrogens (tertiary/aromatic N) is 2. The van der Waals surface area contributed by atoms with Crippen molar-refractivity contribution >= 4 is 23.3 Å². The Hall–Kier alpha value is -2.86. The second-order valence-corrected chi connectivity index (χ2v) is 7.19. The molecular weight excluding hydrogens is 354 g/mol. The fraction of sp³-hybridized carbons (Fsp3) is 0.364. The van der Waals surface area contributed by atoms with Gasteiger partial charge >= 0.3 is 6.09 Å². The van der Waals surface area contributed by atoms with E-state index in [0.717, 1.165) is 28.9 Å². The van der Waals surface area contributed by atoms with Crippen LogP contribution in [0.2, 0.25) is 0 Å². The van der Waals surface area contributed by atoms with Crippen molar-refractivity contribution in [2.45, 2.75) is 25.9 Å². The number of benzene rings is 2. The lowest BCUT2D eigenvalue weighted by molar-refractivity contribution is 0.0871. The summed E-state index contributed by atoms with van der Waals surface area (Å²) in [6.45, 7) is 3.68. The number of Topliss-reactive ketones (excluding diaryl/α,β-unsaturated/α-hetero) is 1. The Balaban J connectivity index is 1.61. The number of anilines is 2. The van der Waals surface area contributed by atoms with Crippen molar-refractivity contribution in [2.75, 3.05) is 32.6 Å². The third-order valence-corrected chi connectivity index (χ3v) is 4.94. The van der Waals surface area contributed by atoms with Crippen molar-refractivity contribution in [3.63, 3.8) is 0 Å². The smallest absolute Gasteiger partial charge is 0.410 e. The predicted octanol–water partition coefficient (Wildman–Crippen LogP) is 3.91. The van der Waals surface area contributed by atoms with Crippen LogP contribution in [0.4, 0.5) is 16.2 Å². The van der Waals surface area contributed by atoms with E-state index >= 15 is 0 Å². The maximum absolute atomic E-state index is 12.6. The Morgan fingerprint density at radius 3 is 2.21 bits per heavy atom. The van der Waals surface area contributed by atoms with Crippen molar-refractivity contribution in [3.8, 4) is 0 Å². The molecule has 1 atom stereocenters. The Labute approximate surface area is 166 Å². The molecule has 1 saturated heterocycles. The number of hydrogen-bond donors (Lipinski definition) is 1. The summed E-state index contributed by atoms with van der Waals surface area (Å²) in [5.74, 6) is 0.142. The minimum atomic E-state index is -0.253. The average molecular weight is 381 g/mol. The van der Waals surface area contributed by atoms with Gasteiger partial charge in [-0.15, -0.1) is 0 Å². The predicted molar refractivity (Wildman–Crippen MR) is 110 cm³/mol. The molecule has 1 unspecified atom stereocenters. The Bertz CT molecular complexity index is 816. The standard InChI is InChI=1S/C22H27N3O3/c1-4-20(24(2)3)21(26)17-7-11-19(12-8-17)23-18-9-5-16(6-10-18)15-25-13-14-28-22(25)27/h5-12,20,23H,4,13-15H2,1-3H3. The van der Waals surface area contributed by atoms with Crippen molar-refractivity contribution in [1.29, 1.82) is 0 Å². The maximum Gasteiger partial charge on any atom is 0.410 e. The van der Waals surface area contributed by atoms with E-state index in [-0.39, 0.29) is 17.9 Å². The molecule has 1 N–H and O–H groups in total. The summed E-state index contributed by atoms with van der Waals surface area (Å²) in [7, 11) is 3.86. The molecule has 0 bridgehead atoms. The third kappa shape index (κ3) is 4.70. The summed E-state index contributed by atoms with van der Waals surface area (Å²) in [5.41, 5.74) is 3.65. The van der Waals surface area contributed by atoms with Crippen LogP contribution in [-0.2, 0) is 11.3 Å². The summed E-state index contributed by atoms with van der Waals surface area (Å²) < 4.78 is 4.95. The van der Waals surface area contributed by atoms with Gasteiger partial charge in [0.2, 0.25) is 0 Å². The number of rotatable bonds is 8. The molecule has 1 amide bonds. The van der Waals surface area contributed by atoms with Gasteiger partial charge in [-0.3, -0.25) is 9.69 Å². The molecule has 1 aliphatic rings. The van der Waals surface area contributed by atoms with E-state index in [4.69, 9.17) is 4.74 Å². The van der Waals surface area contributed by atoms with E-state index in [1.807, 2.05) is 74.4 Å². The Morgan fingerprint density at radius 2 is 1.71 bits per heavy atom. The summed E-state index contributed by atoms with van der Waals surface area (Å²) in [5, 5.41) is 3.34. The van der Waals surface area contributed by atoms with E-state index < -0.39 is 0 Å². The molecule has 6 heteroatoms. The molecule has 1 heterocycles. The first kappa shape index (κ1) is 19.9. The van der Waals surface area contributed by atoms with Gasteiger partial charge in [-0.2, -0.15) is 0 Å². The van der Waals surface area contributed by atoms with Gasteiger partial charge in [0.1, 0.15) is 6.61 Å². The van der Waals surface area contributed by atoms with Gasteiger partial charge in [0.25, 0.3) is 0 Å². The molecule has 3 rings (SSSR count). The fourth-order valence-corrected chi connectivity index (χ4v) is 3.35. The zero-order valence-corrected chi connectivity index (χ0v) is 16.6. The number of cyclic esters (lactones) is 1. The van der Waals surface area contributed by atoms with Gasteiger partial charge < -0.3 is 15.0 Å². The van der Waals surface area contributed by atoms with Crippen LogP contribution in [0.15, 0.2) is 48.5 Å². The van der Waals surface area contributed by atoms with Gasteiger partial charge in [0.05, 0.1) is 12.6 Å². The van der Waals surface area contributed by atoms with Crippen molar-refractivity contribution in [2.24, 2.45) is 0 Å². The first-order valence-electron chi connectivity index (χ1n) is 9.56. The Morgan fingerprint density at radius 1 is 1.11 bits per heavy atom. The van der Waals surface area contributed by atoms with E-state index in [0.29, 0.717) is 19.7 Å². The average Bonchev–Trinajstić information content (AvgIpc) is 3.09. The minimum Gasteiger partial charge on any atom is -0.448 e. The van der Waals surface area contributed by atoms with E-state index in [1.54, 1.807) is 4.90 Å². The molecule has 1 aliphatic heterocycles. The largest absolute Gasteiger partial charge is 0.448 e. The van der Waals surface area contributed by atoms with E-state index in [9.17, 15) is 9.59 Å². The van der Waals surface area contributed by atoms with E-state index in [2.05, 4.69) is 5.32 Å². The topological polar surface area (TPSA) is 61.9 Å². The second kappa shape index (κ2) is 8.89. The van der Waals surface area contributed by atoms with Crippen LogP contribution in [0.3, 0.4) is 0 Å². The maximum atomic E-state index is 12.6. The van der Waals surface area contributed by atoms with Crippen LogP contribution < -0.4 is 5.32 Å². The Kier molecular flexibility index (Phi) is 6.31. The number of nitrogens with one attached hydrogen (secondary N) is 1. The number of amides is 1. The highest BCUT2D eigenvalue weighted by atomic mass is 16.6. The highest BCUT2D eigenvalue weighted by Crippen LogP contribution is 2.20. The molecular formula is C22H27N3O3. The van der Waals surface area contributed by atoms with Crippen molar-refractivity contribution in [3.05, 3.63) is 59.7 Å². The quantitative estimate of drug-likeness (QED) is 0.703. The second-order valence-electron chi connectivity index (χ2n) is 7.19. The highest BCUT2D eigenvalue weighted by molar-refractivity contribution is 6.00. The van der Waals surface area contributed by atoms with Crippen LogP contribution in [0, 0.1) is 0 Å². The summed E-state index contributed by atoms with van der Waals surface area (Å²) in [4.78, 5) is 27.8. The summed E-state index contributed by atoms with van der Waals surface area (Å²) in [6, 6.07) is 15.4. The zero-order chi connectivity index (χ0) is 20.1. The third-order valence-electron chi connectivity index (χ3n) is 4.94. The molecule has 2 aromatic rings. The van der Waals surface area contributed by atoms with Crippen molar-refractivity contribution in [1.82, 2.24) is 9.80 Å². The monoisotopic (exact) mass is 381 g/mol. The van der Waals surface area contributed by atoms with Crippen LogP contribution in [0.1, 0.15) is 29.3 Å². The zero-order valence-electron chi connectivity index (χ0n) is 16.6. The SMILES string of the molecule is CCC(C(=O)c1ccc(Nc2ccc(CN3CCOC3=O)cc2)cc1)N(C)C. The number of carbonyl (C=O) groups excluding carboxylic acids is 2. The lowest BCUT2D eigenvalue weighted by Gasteiger charge is -2.21. The number of carbonyl (C=O) groups is 2. The minimum absolute atomic E-state index is 0.0979. The van der Waals surface area contributed by atoms with Gasteiger partial charge in [-0.25, -0.2) is 4.79 Å². The number of hydrogen-bond acceptors (Lipinski definition) is 5. The number of ketones is 1. The van der Waals surface area contributed by atoms with Crippen LogP contribution >= 0.6 is 0 Å². The molecule has 0 aliphatic carbocycles. The van der Waals surface area contributed by atoms with E-state index in [1.165, 1.54) is 0 Å². The van der Waals surface area contributed by atoms with Crippen LogP contribution in [0.25, 0.3) is 0 Å². The molecule has 0 spiro atoms. The number of ether oxygens (including phenoxy) is 1. The van der Waals surface area contributed by atoms with Gasteiger partial charge in [0.15, 0.2) is 5.78 Å². The van der Waals surface area contributed by atoms with Gasteiger partial charge in [-0.05, 0) is 62.5 Å². The van der Waals surface area contributed by atoms with Crippen molar-refractivity contribution < 1.29 is 14.3 Å². The first-order valence-corrected chi connectivity index (χ1v) is 9.56.